The number of likely N-dealkylation sites (N-methyl/N-ethyl adjacent to an activating group) is 1. The summed E-state index contributed by atoms with van der Waals surface area (Å²) in [6, 6.07) is 19.4. The highest BCUT2D eigenvalue weighted by Gasteiger charge is 2.30. The van der Waals surface area contributed by atoms with Gasteiger partial charge in [-0.1, -0.05) is 43.6 Å². The zero-order valence-corrected chi connectivity index (χ0v) is 20.3. The molecule has 1 unspecified atom stereocenters. The van der Waals surface area contributed by atoms with Gasteiger partial charge in [0.25, 0.3) is 5.91 Å². The number of ether oxygens (including phenoxy) is 1. The predicted molar refractivity (Wildman–Crippen MR) is 136 cm³/mol. The van der Waals surface area contributed by atoms with Crippen LogP contribution < -0.4 is 9.64 Å². The second kappa shape index (κ2) is 9.80. The molecule has 1 amide bonds. The normalized spacial score (nSPS) is 15.7. The van der Waals surface area contributed by atoms with E-state index in [1.807, 2.05) is 49.5 Å². The highest BCUT2D eigenvalue weighted by Crippen LogP contribution is 2.31. The summed E-state index contributed by atoms with van der Waals surface area (Å²) in [7, 11) is 3.46. The minimum Gasteiger partial charge on any atom is -0.497 e. The molecule has 0 fully saturated rings. The first-order chi connectivity index (χ1) is 15.9. The maximum atomic E-state index is 13.5. The third kappa shape index (κ3) is 4.67. The van der Waals surface area contributed by atoms with Crippen LogP contribution >= 0.6 is 11.6 Å². The average Bonchev–Trinajstić information content (AvgIpc) is 2.94. The van der Waals surface area contributed by atoms with Gasteiger partial charge in [0, 0.05) is 29.6 Å². The van der Waals surface area contributed by atoms with Gasteiger partial charge in [-0.25, -0.2) is 0 Å². The Labute approximate surface area is 200 Å². The summed E-state index contributed by atoms with van der Waals surface area (Å²) in [6.45, 7) is 4.34. The van der Waals surface area contributed by atoms with E-state index in [0.717, 1.165) is 46.7 Å². The van der Waals surface area contributed by atoms with Crippen LogP contribution in [0.4, 0.5) is 5.69 Å². The lowest BCUT2D eigenvalue weighted by atomic mass is 9.96. The lowest BCUT2D eigenvalue weighted by Crippen LogP contribution is -2.36. The van der Waals surface area contributed by atoms with Gasteiger partial charge in [-0.15, -0.1) is 0 Å². The Morgan fingerprint density at radius 3 is 2.36 bits per heavy atom. The number of aryl methyl sites for hydroxylation is 2. The Kier molecular flexibility index (Phi) is 6.85. The molecule has 4 rings (SSSR count). The van der Waals surface area contributed by atoms with Crippen LogP contribution in [0.2, 0.25) is 5.02 Å². The summed E-state index contributed by atoms with van der Waals surface area (Å²) in [4.78, 5) is 20.3. The molecular weight excluding hydrogens is 432 g/mol. The monoisotopic (exact) mass is 460 g/mol. The number of aliphatic imine (C=N–C) groups is 1. The van der Waals surface area contributed by atoms with Crippen molar-refractivity contribution in [2.75, 3.05) is 19.1 Å². The molecule has 1 aliphatic rings. The first kappa shape index (κ1) is 23.1. The Morgan fingerprint density at radius 1 is 0.970 bits per heavy atom. The summed E-state index contributed by atoms with van der Waals surface area (Å²) >= 11 is 6.36. The van der Waals surface area contributed by atoms with E-state index in [4.69, 9.17) is 21.3 Å². The number of hydrogen-bond donors (Lipinski definition) is 0. The van der Waals surface area contributed by atoms with Gasteiger partial charge in [-0.2, -0.15) is 0 Å². The highest BCUT2D eigenvalue weighted by atomic mass is 35.5. The molecule has 1 heterocycles. The molecule has 3 aromatic rings. The number of amides is 1. The van der Waals surface area contributed by atoms with Gasteiger partial charge in [0.05, 0.1) is 18.5 Å². The Hall–Kier alpha value is -3.11. The second-order valence-corrected chi connectivity index (χ2v) is 8.73. The lowest BCUT2D eigenvalue weighted by Gasteiger charge is -2.21. The molecule has 4 nitrogen and oxygen atoms in total. The molecule has 0 aliphatic carbocycles. The molecule has 1 aliphatic heterocycles. The quantitative estimate of drug-likeness (QED) is 0.459. The van der Waals surface area contributed by atoms with Crippen LogP contribution in [0.3, 0.4) is 0 Å². The fourth-order valence-electron chi connectivity index (χ4n) is 4.43. The van der Waals surface area contributed by atoms with Crippen LogP contribution in [0.1, 0.15) is 41.7 Å². The smallest absolute Gasteiger partial charge is 0.251 e. The molecule has 170 valence electrons. The summed E-state index contributed by atoms with van der Waals surface area (Å²) in [5.74, 6) is 0.742. The Bertz CT molecular complexity index is 1200. The zero-order valence-electron chi connectivity index (χ0n) is 19.6. The third-order valence-electron chi connectivity index (χ3n) is 6.30. The fourth-order valence-corrected chi connectivity index (χ4v) is 4.60. The number of nitrogens with zero attached hydrogens (tertiary/aromatic N) is 2. The first-order valence-corrected chi connectivity index (χ1v) is 11.7. The molecule has 0 aromatic heterocycles. The van der Waals surface area contributed by atoms with E-state index in [2.05, 4.69) is 32.0 Å². The van der Waals surface area contributed by atoms with Crippen molar-refractivity contribution >= 4 is 28.9 Å². The van der Waals surface area contributed by atoms with Crippen molar-refractivity contribution in [1.29, 1.82) is 0 Å². The van der Waals surface area contributed by atoms with Crippen LogP contribution in [0, 0.1) is 0 Å². The van der Waals surface area contributed by atoms with Gasteiger partial charge in [-0.3, -0.25) is 9.79 Å². The van der Waals surface area contributed by atoms with Crippen molar-refractivity contribution in [3.8, 4) is 5.75 Å². The van der Waals surface area contributed by atoms with E-state index in [-0.39, 0.29) is 5.91 Å². The van der Waals surface area contributed by atoms with Crippen molar-refractivity contribution in [2.45, 2.75) is 39.2 Å². The van der Waals surface area contributed by atoms with Gasteiger partial charge < -0.3 is 9.64 Å². The largest absolute Gasteiger partial charge is 0.497 e. The molecule has 0 spiro atoms. The average molecular weight is 461 g/mol. The van der Waals surface area contributed by atoms with Crippen molar-refractivity contribution in [2.24, 2.45) is 4.99 Å². The molecule has 0 saturated carbocycles. The standard InChI is InChI=1S/C28H29ClN2O2/c1-5-19-8-7-18(15-20(19)6-2)16-25-28(32)31(3)26-14-11-22(29)17-24(26)27(30-25)21-9-12-23(33-4)13-10-21/h7-15,17,25H,5-6,16H2,1-4H3. The van der Waals surface area contributed by atoms with Crippen LogP contribution in [-0.2, 0) is 24.1 Å². The van der Waals surface area contributed by atoms with Gasteiger partial charge in [0.2, 0.25) is 0 Å². The van der Waals surface area contributed by atoms with Crippen LogP contribution in [0.5, 0.6) is 5.75 Å². The molecule has 0 N–H and O–H groups in total. The molecule has 5 heteroatoms. The first-order valence-electron chi connectivity index (χ1n) is 11.4. The van der Waals surface area contributed by atoms with E-state index in [9.17, 15) is 4.79 Å². The predicted octanol–water partition coefficient (Wildman–Crippen LogP) is 5.90. The number of benzene rings is 3. The van der Waals surface area contributed by atoms with E-state index in [0.29, 0.717) is 11.4 Å². The SMILES string of the molecule is CCc1ccc(CC2N=C(c3ccc(OC)cc3)c3cc(Cl)ccc3N(C)C2=O)cc1CC. The maximum absolute atomic E-state index is 13.5. The van der Waals surface area contributed by atoms with E-state index in [1.54, 1.807) is 12.0 Å². The number of carbonyl (C=O) groups is 1. The molecule has 0 saturated heterocycles. The second-order valence-electron chi connectivity index (χ2n) is 8.30. The van der Waals surface area contributed by atoms with Crippen LogP contribution in [0.25, 0.3) is 0 Å². The minimum absolute atomic E-state index is 0.0281. The van der Waals surface area contributed by atoms with Gasteiger partial charge >= 0.3 is 0 Å². The van der Waals surface area contributed by atoms with Crippen molar-refractivity contribution < 1.29 is 9.53 Å². The minimum atomic E-state index is -0.532. The van der Waals surface area contributed by atoms with Gasteiger partial charge in [0.15, 0.2) is 0 Å². The van der Waals surface area contributed by atoms with E-state index < -0.39 is 6.04 Å². The third-order valence-corrected chi connectivity index (χ3v) is 6.54. The van der Waals surface area contributed by atoms with E-state index in [1.165, 1.54) is 11.1 Å². The topological polar surface area (TPSA) is 41.9 Å². The molecular formula is C28H29ClN2O2. The Balaban J connectivity index is 1.82. The fraction of sp³-hybridized carbons (Fsp3) is 0.286. The lowest BCUT2D eigenvalue weighted by molar-refractivity contribution is -0.119. The molecule has 33 heavy (non-hydrogen) atoms. The van der Waals surface area contributed by atoms with Crippen LogP contribution in [-0.4, -0.2) is 31.8 Å². The number of fused-ring (bicyclic) bond motifs is 1. The van der Waals surface area contributed by atoms with Crippen molar-refractivity contribution in [3.63, 3.8) is 0 Å². The number of hydrogen-bond acceptors (Lipinski definition) is 3. The number of anilines is 1. The summed E-state index contributed by atoms with van der Waals surface area (Å²) < 4.78 is 5.32. The molecule has 0 bridgehead atoms. The van der Waals surface area contributed by atoms with Crippen LogP contribution in [0.15, 0.2) is 65.7 Å². The van der Waals surface area contributed by atoms with Crippen molar-refractivity contribution in [3.05, 3.63) is 93.5 Å². The van der Waals surface area contributed by atoms with Gasteiger partial charge in [-0.05, 0) is 72.0 Å². The number of benzodiazepines with no additional fused rings is 1. The summed E-state index contributed by atoms with van der Waals surface area (Å²) in [5.41, 5.74) is 7.15. The van der Waals surface area contributed by atoms with E-state index >= 15 is 0 Å². The maximum Gasteiger partial charge on any atom is 0.251 e. The summed E-state index contributed by atoms with van der Waals surface area (Å²) in [6.07, 6.45) is 2.52. The highest BCUT2D eigenvalue weighted by molar-refractivity contribution is 6.32. The summed E-state index contributed by atoms with van der Waals surface area (Å²) in [5, 5.41) is 0.608. The molecule has 0 radical (unpaired) electrons. The molecule has 1 atom stereocenters. The van der Waals surface area contributed by atoms with Crippen molar-refractivity contribution in [1.82, 2.24) is 0 Å². The number of carbonyl (C=O) groups excluding carboxylic acids is 1. The molecule has 3 aromatic carbocycles. The number of methoxy groups -OCH3 is 1. The number of rotatable bonds is 6. The Morgan fingerprint density at radius 2 is 1.70 bits per heavy atom. The van der Waals surface area contributed by atoms with Gasteiger partial charge in [0.1, 0.15) is 11.8 Å². The number of halogens is 1. The zero-order chi connectivity index (χ0) is 23.5.